The molecule has 0 aliphatic heterocycles. The van der Waals surface area contributed by atoms with E-state index in [0.717, 1.165) is 6.07 Å². The lowest BCUT2D eigenvalue weighted by Gasteiger charge is -2.06. The number of benzene rings is 1. The van der Waals surface area contributed by atoms with Gasteiger partial charge in [-0.05, 0) is 6.07 Å². The third-order valence-electron chi connectivity index (χ3n) is 2.27. The molecule has 0 bridgehead atoms. The normalized spacial score (nSPS) is 10.4. The zero-order chi connectivity index (χ0) is 13.8. The standard InChI is InChI=1S/C11H10F2N4O2/c12-8-3-1-2-7(10(8)13)5-19-9(18)4-17-6-15-11(14)16-17/h1-3,6H,4-5H2,(H2,14,16). The van der Waals surface area contributed by atoms with Crippen molar-refractivity contribution in [3.8, 4) is 0 Å². The van der Waals surface area contributed by atoms with E-state index in [0.29, 0.717) is 0 Å². The summed E-state index contributed by atoms with van der Waals surface area (Å²) in [6.07, 6.45) is 1.26. The number of anilines is 1. The minimum atomic E-state index is -1.03. The van der Waals surface area contributed by atoms with E-state index < -0.39 is 17.6 Å². The fraction of sp³-hybridized carbons (Fsp3) is 0.182. The van der Waals surface area contributed by atoms with Crippen LogP contribution in [0.5, 0.6) is 0 Å². The summed E-state index contributed by atoms with van der Waals surface area (Å²) < 4.78 is 32.2. The van der Waals surface area contributed by atoms with Gasteiger partial charge < -0.3 is 10.5 Å². The van der Waals surface area contributed by atoms with Gasteiger partial charge in [0, 0.05) is 5.56 Å². The van der Waals surface area contributed by atoms with E-state index in [1.54, 1.807) is 0 Å². The lowest BCUT2D eigenvalue weighted by molar-refractivity contribution is -0.146. The molecular weight excluding hydrogens is 258 g/mol. The van der Waals surface area contributed by atoms with Crippen LogP contribution < -0.4 is 5.73 Å². The van der Waals surface area contributed by atoms with Gasteiger partial charge in [-0.1, -0.05) is 12.1 Å². The molecule has 2 N–H and O–H groups in total. The number of hydrogen-bond acceptors (Lipinski definition) is 5. The van der Waals surface area contributed by atoms with Crippen LogP contribution in [-0.4, -0.2) is 20.7 Å². The Bertz CT molecular complexity index is 600. The van der Waals surface area contributed by atoms with Crippen LogP contribution in [0.3, 0.4) is 0 Å². The molecule has 0 spiro atoms. The van der Waals surface area contributed by atoms with Crippen molar-refractivity contribution < 1.29 is 18.3 Å². The second-order valence-corrected chi connectivity index (χ2v) is 3.67. The molecule has 2 aromatic rings. The van der Waals surface area contributed by atoms with Crippen molar-refractivity contribution in [2.24, 2.45) is 0 Å². The molecule has 1 aromatic heterocycles. The van der Waals surface area contributed by atoms with Gasteiger partial charge in [0.25, 0.3) is 0 Å². The van der Waals surface area contributed by atoms with Crippen molar-refractivity contribution in [1.29, 1.82) is 0 Å². The summed E-state index contributed by atoms with van der Waals surface area (Å²) in [4.78, 5) is 15.0. The van der Waals surface area contributed by atoms with Crippen LogP contribution in [0.2, 0.25) is 0 Å². The van der Waals surface area contributed by atoms with Crippen LogP contribution in [0, 0.1) is 11.6 Å². The summed E-state index contributed by atoms with van der Waals surface area (Å²) in [5.41, 5.74) is 5.23. The maximum absolute atomic E-state index is 13.3. The lowest BCUT2D eigenvalue weighted by atomic mass is 10.2. The molecule has 0 atom stereocenters. The Morgan fingerprint density at radius 2 is 2.21 bits per heavy atom. The summed E-state index contributed by atoms with van der Waals surface area (Å²) in [6.45, 7) is -0.562. The first kappa shape index (κ1) is 12.9. The number of hydrogen-bond donors (Lipinski definition) is 1. The van der Waals surface area contributed by atoms with Gasteiger partial charge >= 0.3 is 5.97 Å². The highest BCUT2D eigenvalue weighted by molar-refractivity contribution is 5.69. The lowest BCUT2D eigenvalue weighted by Crippen LogP contribution is -2.14. The van der Waals surface area contributed by atoms with Crippen molar-refractivity contribution in [3.63, 3.8) is 0 Å². The summed E-state index contributed by atoms with van der Waals surface area (Å²) in [6, 6.07) is 3.65. The first-order chi connectivity index (χ1) is 9.06. The highest BCUT2D eigenvalue weighted by Crippen LogP contribution is 2.12. The highest BCUT2D eigenvalue weighted by Gasteiger charge is 2.11. The second kappa shape index (κ2) is 5.42. The molecule has 0 aliphatic carbocycles. The SMILES string of the molecule is Nc1ncn(CC(=O)OCc2cccc(F)c2F)n1. The largest absolute Gasteiger partial charge is 0.459 e. The zero-order valence-electron chi connectivity index (χ0n) is 9.72. The van der Waals surface area contributed by atoms with Crippen molar-refractivity contribution >= 4 is 11.9 Å². The average molecular weight is 268 g/mol. The average Bonchev–Trinajstić information content (AvgIpc) is 2.76. The second-order valence-electron chi connectivity index (χ2n) is 3.67. The molecule has 0 radical (unpaired) electrons. The smallest absolute Gasteiger partial charge is 0.328 e. The van der Waals surface area contributed by atoms with Gasteiger partial charge in [0.15, 0.2) is 11.6 Å². The molecule has 8 heteroatoms. The van der Waals surface area contributed by atoms with E-state index in [4.69, 9.17) is 10.5 Å². The maximum atomic E-state index is 13.3. The Kier molecular flexibility index (Phi) is 3.69. The van der Waals surface area contributed by atoms with Crippen molar-refractivity contribution in [2.75, 3.05) is 5.73 Å². The molecule has 2 rings (SSSR count). The van der Waals surface area contributed by atoms with Gasteiger partial charge in [-0.3, -0.25) is 4.79 Å². The Hall–Kier alpha value is -2.51. The van der Waals surface area contributed by atoms with E-state index in [-0.39, 0.29) is 24.7 Å². The highest BCUT2D eigenvalue weighted by atomic mass is 19.2. The van der Waals surface area contributed by atoms with Crippen LogP contribution >= 0.6 is 0 Å². The Morgan fingerprint density at radius 3 is 2.89 bits per heavy atom. The number of carbonyl (C=O) groups excluding carboxylic acids is 1. The van der Waals surface area contributed by atoms with Crippen molar-refractivity contribution in [1.82, 2.24) is 14.8 Å². The molecule has 1 aromatic carbocycles. The summed E-state index contributed by atoms with van der Waals surface area (Å²) in [5.74, 6) is -2.64. The number of aromatic nitrogens is 3. The topological polar surface area (TPSA) is 83.0 Å². The van der Waals surface area contributed by atoms with Gasteiger partial charge in [0.2, 0.25) is 5.95 Å². The minimum absolute atomic E-state index is 0.0315. The first-order valence-corrected chi connectivity index (χ1v) is 5.29. The maximum Gasteiger partial charge on any atom is 0.328 e. The first-order valence-electron chi connectivity index (χ1n) is 5.29. The molecule has 0 saturated heterocycles. The van der Waals surface area contributed by atoms with Gasteiger partial charge in [0.1, 0.15) is 19.5 Å². The monoisotopic (exact) mass is 268 g/mol. The molecule has 0 amide bonds. The van der Waals surface area contributed by atoms with E-state index in [1.165, 1.54) is 23.1 Å². The Labute approximate surface area is 106 Å². The molecule has 19 heavy (non-hydrogen) atoms. The number of nitrogens with zero attached hydrogens (tertiary/aromatic N) is 3. The van der Waals surface area contributed by atoms with E-state index in [1.807, 2.05) is 0 Å². The molecule has 6 nitrogen and oxygen atoms in total. The van der Waals surface area contributed by atoms with Crippen LogP contribution in [0.25, 0.3) is 0 Å². The summed E-state index contributed by atoms with van der Waals surface area (Å²) in [7, 11) is 0. The summed E-state index contributed by atoms with van der Waals surface area (Å²) >= 11 is 0. The molecule has 0 saturated carbocycles. The van der Waals surface area contributed by atoms with Crippen molar-refractivity contribution in [2.45, 2.75) is 13.2 Å². The number of esters is 1. The van der Waals surface area contributed by atoms with E-state index >= 15 is 0 Å². The number of halogens is 2. The number of nitrogen functional groups attached to an aromatic ring is 1. The molecule has 100 valence electrons. The van der Waals surface area contributed by atoms with Gasteiger partial charge in [0.05, 0.1) is 0 Å². The number of ether oxygens (including phenoxy) is 1. The summed E-state index contributed by atoms with van der Waals surface area (Å²) in [5, 5.41) is 3.69. The number of nitrogens with two attached hydrogens (primary N) is 1. The fourth-order valence-electron chi connectivity index (χ4n) is 1.38. The van der Waals surface area contributed by atoms with Crippen LogP contribution in [0.4, 0.5) is 14.7 Å². The molecule has 0 fully saturated rings. The third kappa shape index (κ3) is 3.24. The molecular formula is C11H10F2N4O2. The molecule has 0 unspecified atom stereocenters. The molecule has 0 aliphatic rings. The van der Waals surface area contributed by atoms with E-state index in [9.17, 15) is 13.6 Å². The van der Waals surface area contributed by atoms with E-state index in [2.05, 4.69) is 10.1 Å². The van der Waals surface area contributed by atoms with Crippen molar-refractivity contribution in [3.05, 3.63) is 41.7 Å². The third-order valence-corrected chi connectivity index (χ3v) is 2.27. The van der Waals surface area contributed by atoms with Gasteiger partial charge in [-0.2, -0.15) is 0 Å². The van der Waals surface area contributed by atoms with Gasteiger partial charge in [-0.15, -0.1) is 5.10 Å². The van der Waals surface area contributed by atoms with Crippen LogP contribution in [-0.2, 0) is 22.7 Å². The number of carbonyl (C=O) groups is 1. The number of rotatable bonds is 4. The Balaban J connectivity index is 1.91. The quantitative estimate of drug-likeness (QED) is 0.832. The van der Waals surface area contributed by atoms with Gasteiger partial charge in [-0.25, -0.2) is 18.4 Å². The Morgan fingerprint density at radius 1 is 1.42 bits per heavy atom. The predicted molar refractivity (Wildman–Crippen MR) is 60.6 cm³/mol. The van der Waals surface area contributed by atoms with Crippen LogP contribution in [0.15, 0.2) is 24.5 Å². The predicted octanol–water partition coefficient (Wildman–Crippen LogP) is 0.882. The minimum Gasteiger partial charge on any atom is -0.459 e. The fourth-order valence-corrected chi connectivity index (χ4v) is 1.38. The molecule has 1 heterocycles. The van der Waals surface area contributed by atoms with Crippen LogP contribution in [0.1, 0.15) is 5.56 Å². The zero-order valence-corrected chi connectivity index (χ0v) is 9.72.